The molecule has 24 heavy (non-hydrogen) atoms. The molecule has 2 rings (SSSR count). The van der Waals surface area contributed by atoms with Crippen molar-refractivity contribution in [1.29, 1.82) is 0 Å². The number of rotatable bonds is 7. The van der Waals surface area contributed by atoms with Gasteiger partial charge in [0.25, 0.3) is 0 Å². The third-order valence-corrected chi connectivity index (χ3v) is 6.12. The van der Waals surface area contributed by atoms with Crippen molar-refractivity contribution in [3.05, 3.63) is 29.8 Å². The van der Waals surface area contributed by atoms with Crippen LogP contribution in [-0.2, 0) is 26.0 Å². The summed E-state index contributed by atoms with van der Waals surface area (Å²) < 4.78 is 36.6. The number of carbonyl (C=O) groups is 1. The first-order valence-corrected chi connectivity index (χ1v) is 9.84. The van der Waals surface area contributed by atoms with Crippen LogP contribution in [0.3, 0.4) is 0 Å². The smallest absolute Gasteiger partial charge is 0.309 e. The molecular weight excluding hydrogens is 330 g/mol. The molecule has 0 amide bonds. The van der Waals surface area contributed by atoms with E-state index in [1.54, 1.807) is 14.0 Å². The van der Waals surface area contributed by atoms with Crippen LogP contribution in [0.4, 0.5) is 0 Å². The molecule has 0 aliphatic carbocycles. The molecule has 1 heterocycles. The van der Waals surface area contributed by atoms with Crippen molar-refractivity contribution in [2.24, 2.45) is 5.92 Å². The van der Waals surface area contributed by atoms with E-state index in [1.165, 1.54) is 4.31 Å². The highest BCUT2D eigenvalue weighted by atomic mass is 32.2. The molecule has 0 N–H and O–H groups in total. The number of hydrogen-bond acceptors (Lipinski definition) is 5. The minimum Gasteiger partial charge on any atom is -0.497 e. The lowest BCUT2D eigenvalue weighted by Gasteiger charge is -2.30. The zero-order chi connectivity index (χ0) is 17.6. The summed E-state index contributed by atoms with van der Waals surface area (Å²) in [5.41, 5.74) is 0.930. The fourth-order valence-electron chi connectivity index (χ4n) is 2.83. The topological polar surface area (TPSA) is 72.9 Å². The second kappa shape index (κ2) is 8.48. The highest BCUT2D eigenvalue weighted by Gasteiger charge is 2.31. The standard InChI is InChI=1S/C17H25NO5S/c1-3-23-17(19)15-7-10-18(11-8-15)24(20,21)12-9-14-5-4-6-16(13-14)22-2/h4-6,13,15H,3,7-12H2,1-2H3. The highest BCUT2D eigenvalue weighted by molar-refractivity contribution is 7.89. The lowest BCUT2D eigenvalue weighted by Crippen LogP contribution is -2.41. The van der Waals surface area contributed by atoms with Crippen LogP contribution < -0.4 is 4.74 Å². The summed E-state index contributed by atoms with van der Waals surface area (Å²) in [5, 5.41) is 0. The van der Waals surface area contributed by atoms with Crippen molar-refractivity contribution < 1.29 is 22.7 Å². The van der Waals surface area contributed by atoms with Gasteiger partial charge in [-0.05, 0) is 43.9 Å². The number of carbonyl (C=O) groups excluding carboxylic acids is 1. The molecule has 6 nitrogen and oxygen atoms in total. The van der Waals surface area contributed by atoms with Crippen LogP contribution in [-0.4, -0.2) is 51.3 Å². The molecule has 0 unspecified atom stereocenters. The van der Waals surface area contributed by atoms with Crippen molar-refractivity contribution in [2.75, 3.05) is 32.6 Å². The Balaban J connectivity index is 1.88. The van der Waals surface area contributed by atoms with E-state index in [4.69, 9.17) is 9.47 Å². The second-order valence-corrected chi connectivity index (χ2v) is 7.93. The number of ether oxygens (including phenoxy) is 2. The van der Waals surface area contributed by atoms with E-state index in [0.29, 0.717) is 39.0 Å². The van der Waals surface area contributed by atoms with Gasteiger partial charge in [0.15, 0.2) is 0 Å². The van der Waals surface area contributed by atoms with Gasteiger partial charge in [-0.25, -0.2) is 12.7 Å². The second-order valence-electron chi connectivity index (χ2n) is 5.84. The molecule has 0 spiro atoms. The van der Waals surface area contributed by atoms with E-state index < -0.39 is 10.0 Å². The number of aryl methyl sites for hydroxylation is 1. The number of benzene rings is 1. The van der Waals surface area contributed by atoms with Gasteiger partial charge in [0.1, 0.15) is 5.75 Å². The maximum atomic E-state index is 12.5. The Kier molecular flexibility index (Phi) is 6.62. The largest absolute Gasteiger partial charge is 0.497 e. The van der Waals surface area contributed by atoms with E-state index in [1.807, 2.05) is 24.3 Å². The Hall–Kier alpha value is -1.60. The van der Waals surface area contributed by atoms with Gasteiger partial charge < -0.3 is 9.47 Å². The number of hydrogen-bond donors (Lipinski definition) is 0. The monoisotopic (exact) mass is 355 g/mol. The number of nitrogens with zero attached hydrogens (tertiary/aromatic N) is 1. The zero-order valence-electron chi connectivity index (χ0n) is 14.2. The van der Waals surface area contributed by atoms with Crippen LogP contribution in [0.2, 0.25) is 0 Å². The predicted molar refractivity (Wildman–Crippen MR) is 91.4 cm³/mol. The van der Waals surface area contributed by atoms with Gasteiger partial charge in [-0.3, -0.25) is 4.79 Å². The first kappa shape index (κ1) is 18.7. The van der Waals surface area contributed by atoms with Gasteiger partial charge >= 0.3 is 5.97 Å². The molecule has 1 aromatic rings. The highest BCUT2D eigenvalue weighted by Crippen LogP contribution is 2.22. The summed E-state index contributed by atoms with van der Waals surface area (Å²) in [6, 6.07) is 7.43. The van der Waals surface area contributed by atoms with Crippen molar-refractivity contribution in [2.45, 2.75) is 26.2 Å². The summed E-state index contributed by atoms with van der Waals surface area (Å²) in [6.07, 6.45) is 1.49. The van der Waals surface area contributed by atoms with Crippen LogP contribution in [0.1, 0.15) is 25.3 Å². The molecule has 1 saturated heterocycles. The Labute approximate surface area is 143 Å². The van der Waals surface area contributed by atoms with Crippen molar-refractivity contribution in [1.82, 2.24) is 4.31 Å². The van der Waals surface area contributed by atoms with E-state index in [2.05, 4.69) is 0 Å². The molecule has 1 aliphatic heterocycles. The predicted octanol–water partition coefficient (Wildman–Crippen LogP) is 1.84. The fourth-order valence-corrected chi connectivity index (χ4v) is 4.35. The molecule has 134 valence electrons. The molecule has 0 atom stereocenters. The lowest BCUT2D eigenvalue weighted by atomic mass is 9.98. The van der Waals surface area contributed by atoms with Gasteiger partial charge in [-0.2, -0.15) is 0 Å². The van der Waals surface area contributed by atoms with E-state index in [-0.39, 0.29) is 17.6 Å². The fraction of sp³-hybridized carbons (Fsp3) is 0.588. The van der Waals surface area contributed by atoms with E-state index >= 15 is 0 Å². The summed E-state index contributed by atoms with van der Waals surface area (Å²) in [7, 11) is -1.74. The SMILES string of the molecule is CCOC(=O)C1CCN(S(=O)(=O)CCc2cccc(OC)c2)CC1. The third kappa shape index (κ3) is 4.95. The Morgan fingerprint density at radius 3 is 2.62 bits per heavy atom. The van der Waals surface area contributed by atoms with Crippen LogP contribution in [0.15, 0.2) is 24.3 Å². The van der Waals surface area contributed by atoms with Crippen LogP contribution in [0.25, 0.3) is 0 Å². The summed E-state index contributed by atoms with van der Waals surface area (Å²) in [6.45, 7) is 2.89. The van der Waals surface area contributed by atoms with E-state index in [9.17, 15) is 13.2 Å². The van der Waals surface area contributed by atoms with Crippen molar-refractivity contribution in [3.63, 3.8) is 0 Å². The quantitative estimate of drug-likeness (QED) is 0.698. The van der Waals surface area contributed by atoms with Gasteiger partial charge in [-0.15, -0.1) is 0 Å². The molecule has 1 aliphatic rings. The zero-order valence-corrected chi connectivity index (χ0v) is 15.0. The minimum absolute atomic E-state index is 0.0598. The molecule has 1 aromatic carbocycles. The normalized spacial score (nSPS) is 16.8. The third-order valence-electron chi connectivity index (χ3n) is 4.25. The number of esters is 1. The molecule has 1 fully saturated rings. The van der Waals surface area contributed by atoms with Crippen molar-refractivity contribution >= 4 is 16.0 Å². The average Bonchev–Trinajstić information content (AvgIpc) is 2.60. The molecular formula is C17H25NO5S. The van der Waals surface area contributed by atoms with E-state index in [0.717, 1.165) is 11.3 Å². The first-order chi connectivity index (χ1) is 11.5. The van der Waals surface area contributed by atoms with Gasteiger partial charge in [0.05, 0.1) is 25.4 Å². The van der Waals surface area contributed by atoms with Gasteiger partial charge in [0, 0.05) is 13.1 Å². The summed E-state index contributed by atoms with van der Waals surface area (Å²) in [4.78, 5) is 11.7. The van der Waals surface area contributed by atoms with Crippen molar-refractivity contribution in [3.8, 4) is 5.75 Å². The number of methoxy groups -OCH3 is 1. The molecule has 0 bridgehead atoms. The van der Waals surface area contributed by atoms with Crippen LogP contribution in [0.5, 0.6) is 5.75 Å². The van der Waals surface area contributed by atoms with Gasteiger partial charge in [0.2, 0.25) is 10.0 Å². The minimum atomic E-state index is -3.32. The Morgan fingerprint density at radius 2 is 2.00 bits per heavy atom. The molecule has 0 radical (unpaired) electrons. The maximum absolute atomic E-state index is 12.5. The molecule has 0 aromatic heterocycles. The molecule has 0 saturated carbocycles. The maximum Gasteiger partial charge on any atom is 0.309 e. The van der Waals surface area contributed by atoms with Crippen LogP contribution >= 0.6 is 0 Å². The first-order valence-electron chi connectivity index (χ1n) is 8.23. The Morgan fingerprint density at radius 1 is 1.29 bits per heavy atom. The average molecular weight is 355 g/mol. The lowest BCUT2D eigenvalue weighted by molar-refractivity contribution is -0.149. The van der Waals surface area contributed by atoms with Gasteiger partial charge in [-0.1, -0.05) is 12.1 Å². The summed E-state index contributed by atoms with van der Waals surface area (Å²) >= 11 is 0. The van der Waals surface area contributed by atoms with Crippen LogP contribution in [0, 0.1) is 5.92 Å². The Bertz CT molecular complexity index is 651. The number of piperidine rings is 1. The number of sulfonamides is 1. The molecule has 7 heteroatoms. The summed E-state index contributed by atoms with van der Waals surface area (Å²) in [5.74, 6) is 0.380.